The van der Waals surface area contributed by atoms with Crippen LogP contribution in [-0.4, -0.2) is 39.8 Å². The van der Waals surface area contributed by atoms with Crippen molar-refractivity contribution in [2.75, 3.05) is 18.5 Å². The highest BCUT2D eigenvalue weighted by atomic mass is 16.2. The van der Waals surface area contributed by atoms with Crippen LogP contribution in [0, 0.1) is 0 Å². The van der Waals surface area contributed by atoms with Gasteiger partial charge in [-0.3, -0.25) is 19.0 Å². The standard InChI is InChI=1S/C16H19N5O2/c1-9(17)12-7-20-13(18-12)5-11(10-3-4-10)6-14(20)21-8-15(22)19(2)16(21)23/h5-7,9-10H,3-4,8,17H2,1-2H3. The van der Waals surface area contributed by atoms with Crippen LogP contribution >= 0.6 is 0 Å². The van der Waals surface area contributed by atoms with Crippen molar-refractivity contribution in [3.8, 4) is 0 Å². The Morgan fingerprint density at radius 2 is 2.04 bits per heavy atom. The summed E-state index contributed by atoms with van der Waals surface area (Å²) in [5, 5.41) is 0. The van der Waals surface area contributed by atoms with Crippen molar-refractivity contribution in [1.29, 1.82) is 0 Å². The van der Waals surface area contributed by atoms with E-state index in [1.165, 1.54) is 17.5 Å². The van der Waals surface area contributed by atoms with Crippen molar-refractivity contribution in [2.24, 2.45) is 5.73 Å². The first-order chi connectivity index (χ1) is 11.0. The van der Waals surface area contributed by atoms with Crippen LogP contribution in [-0.2, 0) is 4.79 Å². The number of imidazole rings is 1. The Balaban J connectivity index is 1.89. The van der Waals surface area contributed by atoms with Crippen LogP contribution in [0.1, 0.15) is 43.0 Å². The average molecular weight is 313 g/mol. The molecule has 1 atom stereocenters. The van der Waals surface area contributed by atoms with Gasteiger partial charge in [0.1, 0.15) is 18.0 Å². The molecule has 1 unspecified atom stereocenters. The highest BCUT2D eigenvalue weighted by molar-refractivity contribution is 6.11. The van der Waals surface area contributed by atoms with Crippen LogP contribution in [0.3, 0.4) is 0 Å². The van der Waals surface area contributed by atoms with Crippen LogP contribution in [0.15, 0.2) is 18.3 Å². The normalized spacial score (nSPS) is 20.0. The topological polar surface area (TPSA) is 83.9 Å². The van der Waals surface area contributed by atoms with Crippen molar-refractivity contribution in [1.82, 2.24) is 14.3 Å². The minimum Gasteiger partial charge on any atom is -0.323 e. The van der Waals surface area contributed by atoms with Crippen molar-refractivity contribution < 1.29 is 9.59 Å². The predicted molar refractivity (Wildman–Crippen MR) is 85.3 cm³/mol. The fourth-order valence-electron chi connectivity index (χ4n) is 2.96. The molecule has 4 rings (SSSR count). The van der Waals surface area contributed by atoms with Crippen LogP contribution in [0.25, 0.3) is 5.65 Å². The zero-order valence-electron chi connectivity index (χ0n) is 13.2. The van der Waals surface area contributed by atoms with E-state index in [0.29, 0.717) is 11.7 Å². The van der Waals surface area contributed by atoms with Gasteiger partial charge in [-0.1, -0.05) is 0 Å². The minimum atomic E-state index is -0.305. The predicted octanol–water partition coefficient (Wildman–Crippen LogP) is 1.63. The fourth-order valence-corrected chi connectivity index (χ4v) is 2.96. The number of rotatable bonds is 3. The molecule has 1 aliphatic heterocycles. The molecule has 3 heterocycles. The van der Waals surface area contributed by atoms with E-state index < -0.39 is 0 Å². The molecule has 0 aromatic carbocycles. The van der Waals surface area contributed by atoms with E-state index in [2.05, 4.69) is 11.1 Å². The van der Waals surface area contributed by atoms with Crippen LogP contribution in [0.5, 0.6) is 0 Å². The Morgan fingerprint density at radius 1 is 1.30 bits per heavy atom. The number of hydrogen-bond donors (Lipinski definition) is 1. The lowest BCUT2D eigenvalue weighted by Crippen LogP contribution is -2.31. The Labute approximate surface area is 133 Å². The molecule has 2 N–H and O–H groups in total. The first kappa shape index (κ1) is 14.2. The number of aromatic nitrogens is 2. The number of likely N-dealkylation sites (N-methyl/N-ethyl adjacent to an activating group) is 1. The van der Waals surface area contributed by atoms with Gasteiger partial charge in [-0.15, -0.1) is 0 Å². The Morgan fingerprint density at radius 3 is 2.61 bits per heavy atom. The number of hydrogen-bond acceptors (Lipinski definition) is 4. The van der Waals surface area contributed by atoms with Gasteiger partial charge in [0.05, 0.1) is 5.69 Å². The van der Waals surface area contributed by atoms with Gasteiger partial charge in [-0.25, -0.2) is 9.78 Å². The molecule has 2 aromatic heterocycles. The van der Waals surface area contributed by atoms with E-state index in [9.17, 15) is 9.59 Å². The van der Waals surface area contributed by atoms with E-state index in [1.54, 1.807) is 0 Å². The molecule has 2 aliphatic rings. The molecule has 1 saturated heterocycles. The first-order valence-corrected chi connectivity index (χ1v) is 7.82. The van der Waals surface area contributed by atoms with Crippen molar-refractivity contribution >= 4 is 23.4 Å². The average Bonchev–Trinajstić information content (AvgIpc) is 3.23. The van der Waals surface area contributed by atoms with Gasteiger partial charge in [0.25, 0.3) is 5.91 Å². The lowest BCUT2D eigenvalue weighted by Gasteiger charge is -2.17. The zero-order chi connectivity index (χ0) is 16.3. The number of nitrogens with zero attached hydrogens (tertiary/aromatic N) is 4. The van der Waals surface area contributed by atoms with Gasteiger partial charge in [0.15, 0.2) is 0 Å². The van der Waals surface area contributed by atoms with Crippen LogP contribution in [0.2, 0.25) is 0 Å². The molecular weight excluding hydrogens is 294 g/mol. The highest BCUT2D eigenvalue weighted by Crippen LogP contribution is 2.42. The van der Waals surface area contributed by atoms with E-state index in [0.717, 1.165) is 29.1 Å². The van der Waals surface area contributed by atoms with Crippen molar-refractivity contribution in [2.45, 2.75) is 31.7 Å². The number of pyridine rings is 1. The molecule has 0 spiro atoms. The summed E-state index contributed by atoms with van der Waals surface area (Å²) in [5.74, 6) is 1.01. The lowest BCUT2D eigenvalue weighted by molar-refractivity contribution is -0.123. The maximum absolute atomic E-state index is 12.4. The number of imide groups is 1. The fraction of sp³-hybridized carbons (Fsp3) is 0.438. The van der Waals surface area contributed by atoms with Gasteiger partial charge in [-0.2, -0.15) is 0 Å². The van der Waals surface area contributed by atoms with Crippen LogP contribution < -0.4 is 10.6 Å². The summed E-state index contributed by atoms with van der Waals surface area (Å²) >= 11 is 0. The van der Waals surface area contributed by atoms with Gasteiger partial charge >= 0.3 is 6.03 Å². The number of anilines is 1. The zero-order valence-corrected chi connectivity index (χ0v) is 13.2. The quantitative estimate of drug-likeness (QED) is 0.873. The summed E-state index contributed by atoms with van der Waals surface area (Å²) < 4.78 is 1.86. The maximum atomic E-state index is 12.4. The summed E-state index contributed by atoms with van der Waals surface area (Å²) in [6.45, 7) is 1.94. The molecule has 23 heavy (non-hydrogen) atoms. The number of carbonyl (C=O) groups excluding carboxylic acids is 2. The van der Waals surface area contributed by atoms with E-state index in [4.69, 9.17) is 5.73 Å². The first-order valence-electron chi connectivity index (χ1n) is 7.82. The minimum absolute atomic E-state index is 0.0598. The number of nitrogens with two attached hydrogens (primary N) is 1. The van der Waals surface area contributed by atoms with Gasteiger partial charge in [-0.05, 0) is 43.4 Å². The Kier molecular flexibility index (Phi) is 2.96. The third-order valence-electron chi connectivity index (χ3n) is 4.57. The number of carbonyl (C=O) groups is 2. The van der Waals surface area contributed by atoms with E-state index in [-0.39, 0.29) is 24.5 Å². The summed E-state index contributed by atoms with van der Waals surface area (Å²) in [7, 11) is 1.51. The molecule has 7 heteroatoms. The molecule has 0 radical (unpaired) electrons. The lowest BCUT2D eigenvalue weighted by atomic mass is 10.1. The SMILES string of the molecule is CC(N)c1cn2c(N3CC(=O)N(C)C3=O)cc(C3CC3)cc2n1. The molecule has 2 aromatic rings. The second kappa shape index (κ2) is 4.79. The van der Waals surface area contributed by atoms with Crippen LogP contribution in [0.4, 0.5) is 10.6 Å². The largest absolute Gasteiger partial charge is 0.332 e. The summed E-state index contributed by atoms with van der Waals surface area (Å²) in [6, 6.07) is 3.56. The Hall–Kier alpha value is -2.41. The second-order valence-corrected chi connectivity index (χ2v) is 6.43. The number of urea groups is 1. The number of amides is 3. The van der Waals surface area contributed by atoms with Gasteiger partial charge in [0, 0.05) is 19.3 Å². The molecule has 3 amide bonds. The molecule has 2 fully saturated rings. The molecule has 1 aliphatic carbocycles. The summed E-state index contributed by atoms with van der Waals surface area (Å²) in [5.41, 5.74) is 8.65. The Bertz CT molecular complexity index is 821. The van der Waals surface area contributed by atoms with Crippen molar-refractivity contribution in [3.63, 3.8) is 0 Å². The monoisotopic (exact) mass is 313 g/mol. The second-order valence-electron chi connectivity index (χ2n) is 6.43. The van der Waals surface area contributed by atoms with Gasteiger partial charge in [0.2, 0.25) is 0 Å². The van der Waals surface area contributed by atoms with E-state index in [1.807, 2.05) is 23.6 Å². The number of fused-ring (bicyclic) bond motifs is 1. The van der Waals surface area contributed by atoms with Crippen molar-refractivity contribution in [3.05, 3.63) is 29.6 Å². The summed E-state index contributed by atoms with van der Waals surface area (Å²) in [4.78, 5) is 31.5. The molecule has 7 nitrogen and oxygen atoms in total. The third-order valence-corrected chi connectivity index (χ3v) is 4.57. The third kappa shape index (κ3) is 2.19. The smallest absolute Gasteiger partial charge is 0.323 e. The molecule has 1 saturated carbocycles. The molecule has 120 valence electrons. The van der Waals surface area contributed by atoms with Gasteiger partial charge < -0.3 is 5.73 Å². The molecular formula is C16H19N5O2. The summed E-state index contributed by atoms with van der Waals surface area (Å²) in [6.07, 6.45) is 4.16. The highest BCUT2D eigenvalue weighted by Gasteiger charge is 2.36. The maximum Gasteiger partial charge on any atom is 0.332 e. The molecule has 0 bridgehead atoms. The van der Waals surface area contributed by atoms with E-state index >= 15 is 0 Å².